The molecule has 0 aliphatic rings. The fourth-order valence-electron chi connectivity index (χ4n) is 1.62. The average molecular weight is 295 g/mol. The monoisotopic (exact) mass is 295 g/mol. The first-order valence-electron chi connectivity index (χ1n) is 6.64. The van der Waals surface area contributed by atoms with Gasteiger partial charge in [0.25, 0.3) is 5.91 Å². The number of hydrogen-bond donors (Lipinski definition) is 2. The van der Waals surface area contributed by atoms with Gasteiger partial charge in [-0.05, 0) is 19.9 Å². The largest absolute Gasteiger partial charge is 0.347 e. The number of nitrogens with zero attached hydrogens (tertiary/aromatic N) is 3. The summed E-state index contributed by atoms with van der Waals surface area (Å²) in [5.41, 5.74) is 1.15. The van der Waals surface area contributed by atoms with Gasteiger partial charge in [-0.2, -0.15) is 5.10 Å². The van der Waals surface area contributed by atoms with Crippen molar-refractivity contribution >= 4 is 17.7 Å². The Hall–Kier alpha value is -2.38. The van der Waals surface area contributed by atoms with E-state index >= 15 is 0 Å². The van der Waals surface area contributed by atoms with E-state index in [2.05, 4.69) is 15.7 Å². The molecule has 0 fully saturated rings. The standard InChI is InChI=1S/C13H21N5O3/c1-5-18-10(6-9(2)16-18)13(21)15-7-11(19)14-8-12(20)17(3)4/h6H,5,7-8H2,1-4H3,(H,14,19)(H,15,21). The lowest BCUT2D eigenvalue weighted by molar-refractivity contribution is -0.130. The van der Waals surface area contributed by atoms with E-state index in [0.717, 1.165) is 5.69 Å². The number of carbonyl (C=O) groups excluding carboxylic acids is 3. The van der Waals surface area contributed by atoms with Crippen molar-refractivity contribution < 1.29 is 14.4 Å². The minimum Gasteiger partial charge on any atom is -0.347 e. The van der Waals surface area contributed by atoms with Gasteiger partial charge in [0.15, 0.2) is 0 Å². The number of hydrogen-bond acceptors (Lipinski definition) is 4. The van der Waals surface area contributed by atoms with Crippen molar-refractivity contribution in [3.8, 4) is 0 Å². The second-order valence-corrected chi connectivity index (χ2v) is 4.73. The summed E-state index contributed by atoms with van der Waals surface area (Å²) < 4.78 is 1.57. The number of likely N-dealkylation sites (N-methyl/N-ethyl adjacent to an activating group) is 1. The molecule has 0 atom stereocenters. The van der Waals surface area contributed by atoms with E-state index in [1.165, 1.54) is 4.90 Å². The van der Waals surface area contributed by atoms with E-state index in [4.69, 9.17) is 0 Å². The van der Waals surface area contributed by atoms with Crippen LogP contribution in [0.4, 0.5) is 0 Å². The molecule has 1 aromatic heterocycles. The van der Waals surface area contributed by atoms with Crippen molar-refractivity contribution in [2.24, 2.45) is 0 Å². The van der Waals surface area contributed by atoms with Gasteiger partial charge >= 0.3 is 0 Å². The van der Waals surface area contributed by atoms with E-state index in [1.54, 1.807) is 31.8 Å². The second-order valence-electron chi connectivity index (χ2n) is 4.73. The fraction of sp³-hybridized carbons (Fsp3) is 0.538. The first kappa shape index (κ1) is 16.7. The van der Waals surface area contributed by atoms with Crippen molar-refractivity contribution in [2.75, 3.05) is 27.2 Å². The van der Waals surface area contributed by atoms with Gasteiger partial charge in [0.05, 0.1) is 18.8 Å². The highest BCUT2D eigenvalue weighted by Gasteiger charge is 2.14. The summed E-state index contributed by atoms with van der Waals surface area (Å²) in [6, 6.07) is 1.66. The molecule has 8 heteroatoms. The zero-order valence-corrected chi connectivity index (χ0v) is 12.8. The first-order chi connectivity index (χ1) is 9.85. The van der Waals surface area contributed by atoms with E-state index in [1.807, 2.05) is 6.92 Å². The van der Waals surface area contributed by atoms with Crippen LogP contribution in [0, 0.1) is 6.92 Å². The van der Waals surface area contributed by atoms with Crippen molar-refractivity contribution in [3.05, 3.63) is 17.5 Å². The Morgan fingerprint density at radius 1 is 1.24 bits per heavy atom. The van der Waals surface area contributed by atoms with Gasteiger partial charge in [-0.25, -0.2) is 0 Å². The third-order valence-corrected chi connectivity index (χ3v) is 2.78. The molecule has 0 spiro atoms. The van der Waals surface area contributed by atoms with Crippen molar-refractivity contribution in [1.29, 1.82) is 0 Å². The number of amides is 3. The predicted octanol–water partition coefficient (Wildman–Crippen LogP) is -0.854. The Balaban J connectivity index is 2.45. The maximum Gasteiger partial charge on any atom is 0.269 e. The Bertz CT molecular complexity index is 536. The summed E-state index contributed by atoms with van der Waals surface area (Å²) in [5, 5.41) is 9.10. The molecule has 0 aromatic carbocycles. The summed E-state index contributed by atoms with van der Waals surface area (Å²) in [5.74, 6) is -1.00. The van der Waals surface area contributed by atoms with Crippen LogP contribution < -0.4 is 10.6 Å². The highest BCUT2D eigenvalue weighted by Crippen LogP contribution is 2.03. The van der Waals surface area contributed by atoms with E-state index in [-0.39, 0.29) is 24.9 Å². The quantitative estimate of drug-likeness (QED) is 0.714. The molecule has 0 aliphatic carbocycles. The van der Waals surface area contributed by atoms with Crippen LogP contribution in [-0.4, -0.2) is 59.6 Å². The van der Waals surface area contributed by atoms with Crippen molar-refractivity contribution in [3.63, 3.8) is 0 Å². The van der Waals surface area contributed by atoms with E-state index in [0.29, 0.717) is 12.2 Å². The van der Waals surface area contributed by atoms with Crippen molar-refractivity contribution in [2.45, 2.75) is 20.4 Å². The molecule has 0 saturated heterocycles. The van der Waals surface area contributed by atoms with E-state index < -0.39 is 5.91 Å². The Labute approximate surface area is 123 Å². The average Bonchev–Trinajstić information content (AvgIpc) is 2.83. The van der Waals surface area contributed by atoms with Gasteiger partial charge in [0.1, 0.15) is 5.69 Å². The molecule has 1 heterocycles. The SMILES string of the molecule is CCn1nc(C)cc1C(=O)NCC(=O)NCC(=O)N(C)C. The summed E-state index contributed by atoms with van der Waals surface area (Å²) in [6.07, 6.45) is 0. The van der Waals surface area contributed by atoms with Crippen LogP contribution in [0.2, 0.25) is 0 Å². The Morgan fingerprint density at radius 3 is 2.48 bits per heavy atom. The molecule has 2 N–H and O–H groups in total. The lowest BCUT2D eigenvalue weighted by Gasteiger charge is -2.11. The maximum absolute atomic E-state index is 12.0. The zero-order valence-electron chi connectivity index (χ0n) is 12.8. The molecule has 0 saturated carbocycles. The second kappa shape index (κ2) is 7.41. The summed E-state index contributed by atoms with van der Waals surface area (Å²) in [6.45, 7) is 3.96. The smallest absolute Gasteiger partial charge is 0.269 e. The molecule has 8 nitrogen and oxygen atoms in total. The molecule has 3 amide bonds. The summed E-state index contributed by atoms with van der Waals surface area (Å²) in [4.78, 5) is 36.2. The molecule has 0 aliphatic heterocycles. The highest BCUT2D eigenvalue weighted by molar-refractivity contribution is 5.95. The predicted molar refractivity (Wildman–Crippen MR) is 76.7 cm³/mol. The Morgan fingerprint density at radius 2 is 1.90 bits per heavy atom. The van der Waals surface area contributed by atoms with Gasteiger partial charge in [0, 0.05) is 20.6 Å². The lowest BCUT2D eigenvalue weighted by atomic mass is 10.3. The number of carbonyl (C=O) groups is 3. The van der Waals surface area contributed by atoms with E-state index in [9.17, 15) is 14.4 Å². The normalized spacial score (nSPS) is 10.1. The van der Waals surface area contributed by atoms with Crippen LogP contribution in [0.5, 0.6) is 0 Å². The molecular formula is C13H21N5O3. The van der Waals surface area contributed by atoms with Crippen LogP contribution in [0.3, 0.4) is 0 Å². The Kier molecular flexibility index (Phi) is 5.89. The fourth-order valence-corrected chi connectivity index (χ4v) is 1.62. The lowest BCUT2D eigenvalue weighted by Crippen LogP contribution is -2.41. The molecular weight excluding hydrogens is 274 g/mol. The number of aryl methyl sites for hydroxylation is 2. The molecule has 0 bridgehead atoms. The topological polar surface area (TPSA) is 96.3 Å². The molecule has 1 rings (SSSR count). The molecule has 1 aromatic rings. The van der Waals surface area contributed by atoms with Crippen LogP contribution in [0.1, 0.15) is 23.1 Å². The third-order valence-electron chi connectivity index (χ3n) is 2.78. The maximum atomic E-state index is 12.0. The molecule has 116 valence electrons. The van der Waals surface area contributed by atoms with Crippen LogP contribution >= 0.6 is 0 Å². The van der Waals surface area contributed by atoms with Gasteiger partial charge < -0.3 is 15.5 Å². The minimum atomic E-state index is -0.419. The number of rotatable bonds is 6. The summed E-state index contributed by atoms with van der Waals surface area (Å²) >= 11 is 0. The number of aromatic nitrogens is 2. The van der Waals surface area contributed by atoms with Crippen molar-refractivity contribution in [1.82, 2.24) is 25.3 Å². The van der Waals surface area contributed by atoms with Crippen LogP contribution in [0.15, 0.2) is 6.07 Å². The van der Waals surface area contributed by atoms with Gasteiger partial charge in [-0.15, -0.1) is 0 Å². The van der Waals surface area contributed by atoms with Gasteiger partial charge in [0.2, 0.25) is 11.8 Å². The molecule has 0 radical (unpaired) electrons. The van der Waals surface area contributed by atoms with Gasteiger partial charge in [-0.3, -0.25) is 19.1 Å². The highest BCUT2D eigenvalue weighted by atomic mass is 16.2. The number of nitrogens with one attached hydrogen (secondary N) is 2. The van der Waals surface area contributed by atoms with Crippen LogP contribution in [0.25, 0.3) is 0 Å². The zero-order chi connectivity index (χ0) is 16.0. The van der Waals surface area contributed by atoms with Gasteiger partial charge in [-0.1, -0.05) is 0 Å². The first-order valence-corrected chi connectivity index (χ1v) is 6.64. The van der Waals surface area contributed by atoms with Crippen LogP contribution in [-0.2, 0) is 16.1 Å². The minimum absolute atomic E-state index is 0.0896. The molecule has 0 unspecified atom stereocenters. The molecule has 21 heavy (non-hydrogen) atoms. The summed E-state index contributed by atoms with van der Waals surface area (Å²) in [7, 11) is 3.20. The third kappa shape index (κ3) is 4.90.